The highest BCUT2D eigenvalue weighted by Gasteiger charge is 2.51. The molecule has 0 radical (unpaired) electrons. The first-order valence-electron chi connectivity index (χ1n) is 10.7. The number of nitrogens with one attached hydrogen (secondary N) is 1. The first-order chi connectivity index (χ1) is 14.5. The summed E-state index contributed by atoms with van der Waals surface area (Å²) >= 11 is 0. The molecule has 30 heavy (non-hydrogen) atoms. The van der Waals surface area contributed by atoms with Gasteiger partial charge in [0, 0.05) is 54.4 Å². The topological polar surface area (TPSA) is 66.3 Å². The summed E-state index contributed by atoms with van der Waals surface area (Å²) in [5.41, 5.74) is 4.31. The number of benzene rings is 1. The highest BCUT2D eigenvalue weighted by molar-refractivity contribution is 5.83. The van der Waals surface area contributed by atoms with Gasteiger partial charge in [-0.2, -0.15) is 5.10 Å². The number of carbonyl (C=O) groups excluding carboxylic acids is 1. The Labute approximate surface area is 176 Å². The lowest BCUT2D eigenvalue weighted by molar-refractivity contribution is 0.0921. The van der Waals surface area contributed by atoms with Gasteiger partial charge in [-0.1, -0.05) is 18.2 Å². The van der Waals surface area contributed by atoms with Gasteiger partial charge in [0.05, 0.1) is 11.2 Å². The van der Waals surface area contributed by atoms with Gasteiger partial charge in [0.2, 0.25) is 0 Å². The molecular formula is C23H28N6O. The molecule has 2 aliphatic rings. The van der Waals surface area contributed by atoms with Gasteiger partial charge < -0.3 is 15.1 Å². The van der Waals surface area contributed by atoms with Crippen LogP contribution in [0.3, 0.4) is 0 Å². The van der Waals surface area contributed by atoms with Crippen molar-refractivity contribution < 1.29 is 4.79 Å². The maximum atomic E-state index is 12.4. The molecule has 7 heteroatoms. The van der Waals surface area contributed by atoms with Gasteiger partial charge in [0.25, 0.3) is 0 Å². The summed E-state index contributed by atoms with van der Waals surface area (Å²) in [6.07, 6.45) is 3.92. The molecule has 2 aromatic heterocycles. The lowest BCUT2D eigenvalue weighted by Crippen LogP contribution is -2.62. The second kappa shape index (κ2) is 7.40. The number of para-hydroxylation sites is 1. The van der Waals surface area contributed by atoms with Crippen molar-refractivity contribution in [3.8, 4) is 11.3 Å². The lowest BCUT2D eigenvalue weighted by atomic mass is 9.76. The minimum absolute atomic E-state index is 0.0521. The van der Waals surface area contributed by atoms with E-state index in [1.165, 1.54) is 5.69 Å². The van der Waals surface area contributed by atoms with E-state index in [0.717, 1.165) is 67.7 Å². The van der Waals surface area contributed by atoms with Crippen LogP contribution in [0, 0.1) is 0 Å². The summed E-state index contributed by atoms with van der Waals surface area (Å²) in [6, 6.07) is 12.5. The van der Waals surface area contributed by atoms with Crippen molar-refractivity contribution in [3.05, 3.63) is 48.3 Å². The number of aryl methyl sites for hydroxylation is 1. The minimum Gasteiger partial charge on any atom is -0.338 e. The minimum atomic E-state index is 0.0521. The number of aromatic nitrogens is 3. The normalized spacial score (nSPS) is 16.8. The van der Waals surface area contributed by atoms with Crippen LogP contribution in [-0.2, 0) is 12.0 Å². The van der Waals surface area contributed by atoms with Crippen LogP contribution in [-0.4, -0.2) is 70.9 Å². The smallest absolute Gasteiger partial charge is 0.317 e. The molecule has 1 saturated heterocycles. The van der Waals surface area contributed by atoms with E-state index >= 15 is 0 Å². The fourth-order valence-electron chi connectivity index (χ4n) is 4.66. The third-order valence-electron chi connectivity index (χ3n) is 6.34. The molecule has 3 aromatic rings. The molecule has 156 valence electrons. The van der Waals surface area contributed by atoms with E-state index < -0.39 is 0 Å². The number of fused-ring (bicyclic) bond motifs is 3. The molecule has 4 heterocycles. The Morgan fingerprint density at radius 3 is 2.90 bits per heavy atom. The summed E-state index contributed by atoms with van der Waals surface area (Å²) in [7, 11) is 4.10. The van der Waals surface area contributed by atoms with Crippen LogP contribution in [0.15, 0.2) is 42.6 Å². The summed E-state index contributed by atoms with van der Waals surface area (Å²) in [5.74, 6) is 0. The van der Waals surface area contributed by atoms with Gasteiger partial charge in [0.1, 0.15) is 0 Å². The van der Waals surface area contributed by atoms with Gasteiger partial charge >= 0.3 is 6.03 Å². The van der Waals surface area contributed by atoms with Gasteiger partial charge in [-0.3, -0.25) is 9.67 Å². The first-order valence-corrected chi connectivity index (χ1v) is 10.7. The monoisotopic (exact) mass is 404 g/mol. The van der Waals surface area contributed by atoms with Crippen LogP contribution in [0.25, 0.3) is 22.2 Å². The molecule has 2 amide bonds. The van der Waals surface area contributed by atoms with E-state index in [9.17, 15) is 4.79 Å². The Morgan fingerprint density at radius 1 is 1.23 bits per heavy atom. The molecule has 2 aliphatic heterocycles. The fourth-order valence-corrected chi connectivity index (χ4v) is 4.66. The number of urea groups is 1. The lowest BCUT2D eigenvalue weighted by Gasteiger charge is -2.47. The van der Waals surface area contributed by atoms with E-state index in [0.29, 0.717) is 0 Å². The molecule has 7 nitrogen and oxygen atoms in total. The molecule has 0 saturated carbocycles. The van der Waals surface area contributed by atoms with E-state index in [2.05, 4.69) is 38.1 Å². The Bertz CT molecular complexity index is 1080. The molecule has 1 aromatic carbocycles. The standard InChI is InChI=1S/C23H28N6O/c1-27(2)10-5-9-24-22(30)28-15-23(16-28)8-11-29-21(23)13-20(26-29)18-12-17-6-3-4-7-19(17)25-14-18/h3-4,6-7,12-14H,5,8-11,15-16H2,1-2H3,(H,24,30). The number of nitrogens with zero attached hydrogens (tertiary/aromatic N) is 5. The number of likely N-dealkylation sites (tertiary alicyclic amines) is 1. The molecule has 1 N–H and O–H groups in total. The first kappa shape index (κ1) is 19.1. The largest absolute Gasteiger partial charge is 0.338 e. The predicted octanol–water partition coefficient (Wildman–Crippen LogP) is 2.72. The zero-order chi connectivity index (χ0) is 20.7. The summed E-state index contributed by atoms with van der Waals surface area (Å²) in [6.45, 7) is 4.16. The second-order valence-corrected chi connectivity index (χ2v) is 8.83. The molecule has 1 spiro atoms. The van der Waals surface area contributed by atoms with Gasteiger partial charge in [-0.15, -0.1) is 0 Å². The van der Waals surface area contributed by atoms with Crippen molar-refractivity contribution in [2.24, 2.45) is 0 Å². The zero-order valence-corrected chi connectivity index (χ0v) is 17.6. The average molecular weight is 405 g/mol. The predicted molar refractivity (Wildman–Crippen MR) is 117 cm³/mol. The molecule has 0 atom stereocenters. The Kier molecular flexibility index (Phi) is 4.70. The van der Waals surface area contributed by atoms with Crippen molar-refractivity contribution >= 4 is 16.9 Å². The number of pyridine rings is 1. The van der Waals surface area contributed by atoms with E-state index in [1.54, 1.807) is 0 Å². The fraction of sp³-hybridized carbons (Fsp3) is 0.435. The van der Waals surface area contributed by atoms with Gasteiger partial charge in [-0.05, 0) is 51.7 Å². The Hall–Kier alpha value is -2.93. The van der Waals surface area contributed by atoms with Crippen molar-refractivity contribution in [2.75, 3.05) is 40.3 Å². The van der Waals surface area contributed by atoms with Crippen molar-refractivity contribution in [2.45, 2.75) is 24.8 Å². The van der Waals surface area contributed by atoms with E-state index in [1.807, 2.05) is 43.4 Å². The van der Waals surface area contributed by atoms with Crippen molar-refractivity contribution in [1.82, 2.24) is 29.9 Å². The molecule has 0 bridgehead atoms. The molecular weight excluding hydrogens is 376 g/mol. The number of hydrogen-bond donors (Lipinski definition) is 1. The van der Waals surface area contributed by atoms with Crippen LogP contribution in [0.4, 0.5) is 4.79 Å². The summed E-state index contributed by atoms with van der Waals surface area (Å²) in [4.78, 5) is 21.1. The third kappa shape index (κ3) is 3.33. The van der Waals surface area contributed by atoms with Crippen LogP contribution in [0.2, 0.25) is 0 Å². The van der Waals surface area contributed by atoms with Crippen LogP contribution in [0.5, 0.6) is 0 Å². The van der Waals surface area contributed by atoms with E-state index in [4.69, 9.17) is 5.10 Å². The second-order valence-electron chi connectivity index (χ2n) is 8.83. The number of amides is 2. The zero-order valence-electron chi connectivity index (χ0n) is 17.6. The SMILES string of the molecule is CN(C)CCCNC(=O)N1CC2(CCn3nc(-c4cnc5ccccc5c4)cc32)C1. The Morgan fingerprint density at radius 2 is 2.07 bits per heavy atom. The molecule has 5 rings (SSSR count). The highest BCUT2D eigenvalue weighted by Crippen LogP contribution is 2.43. The highest BCUT2D eigenvalue weighted by atomic mass is 16.2. The summed E-state index contributed by atoms with van der Waals surface area (Å²) < 4.78 is 2.12. The number of hydrogen-bond acceptors (Lipinski definition) is 4. The quantitative estimate of drug-likeness (QED) is 0.664. The van der Waals surface area contributed by atoms with Gasteiger partial charge in [0.15, 0.2) is 0 Å². The van der Waals surface area contributed by atoms with Gasteiger partial charge in [-0.25, -0.2) is 4.79 Å². The molecule has 0 aliphatic carbocycles. The van der Waals surface area contributed by atoms with Crippen LogP contribution >= 0.6 is 0 Å². The van der Waals surface area contributed by atoms with E-state index in [-0.39, 0.29) is 11.4 Å². The Balaban J connectivity index is 1.27. The van der Waals surface area contributed by atoms with Crippen LogP contribution in [0.1, 0.15) is 18.5 Å². The number of carbonyl (C=O) groups is 1. The summed E-state index contributed by atoms with van der Waals surface area (Å²) in [5, 5.41) is 9.02. The van der Waals surface area contributed by atoms with Crippen LogP contribution < -0.4 is 5.32 Å². The third-order valence-corrected chi connectivity index (χ3v) is 6.34. The number of rotatable bonds is 5. The maximum Gasteiger partial charge on any atom is 0.317 e. The average Bonchev–Trinajstić information content (AvgIpc) is 3.29. The molecule has 1 fully saturated rings. The molecule has 0 unspecified atom stereocenters. The van der Waals surface area contributed by atoms with Crippen molar-refractivity contribution in [1.29, 1.82) is 0 Å². The van der Waals surface area contributed by atoms with Crippen molar-refractivity contribution in [3.63, 3.8) is 0 Å². The maximum absolute atomic E-state index is 12.4.